The Kier molecular flexibility index (Phi) is 5.74. The van der Waals surface area contributed by atoms with Crippen molar-refractivity contribution in [3.63, 3.8) is 0 Å². The Morgan fingerprint density at radius 2 is 2.27 bits per heavy atom. The van der Waals surface area contributed by atoms with Gasteiger partial charge in [0.15, 0.2) is 0 Å². The van der Waals surface area contributed by atoms with E-state index in [2.05, 4.69) is 17.4 Å². The largest absolute Gasteiger partial charge is 0.489 e. The Bertz CT molecular complexity index is 642. The topological polar surface area (TPSA) is 50.4 Å². The third-order valence-electron chi connectivity index (χ3n) is 3.20. The summed E-state index contributed by atoms with van der Waals surface area (Å²) in [5.74, 6) is 0.754. The van der Waals surface area contributed by atoms with Gasteiger partial charge in [0.1, 0.15) is 18.7 Å². The van der Waals surface area contributed by atoms with E-state index in [0.717, 1.165) is 35.4 Å². The van der Waals surface area contributed by atoms with Crippen LogP contribution in [0.5, 0.6) is 0 Å². The lowest BCUT2D eigenvalue weighted by Gasteiger charge is -2.08. The Hall–Kier alpha value is -2.59. The van der Waals surface area contributed by atoms with Gasteiger partial charge in [0.25, 0.3) is 0 Å². The third kappa shape index (κ3) is 4.46. The van der Waals surface area contributed by atoms with E-state index in [1.54, 1.807) is 6.07 Å². The van der Waals surface area contributed by atoms with Gasteiger partial charge in [-0.2, -0.15) is 0 Å². The summed E-state index contributed by atoms with van der Waals surface area (Å²) in [4.78, 5) is 10.8. The standard InChI is InChI=1S/C18H20N2O2/c1-3-17(8-7-14(2)18-9-10-19-20-18)22-13-16-6-4-5-15(11-16)12-21/h3-9,11-12,19-20H,2,10,13H2,1H3/b8-7-,17-3+. The van der Waals surface area contributed by atoms with Gasteiger partial charge in [-0.15, -0.1) is 0 Å². The van der Waals surface area contributed by atoms with Crippen LogP contribution in [0.15, 0.2) is 72.2 Å². The number of hydrazine groups is 1. The number of carbonyl (C=O) groups excluding carboxylic acids is 1. The maximum absolute atomic E-state index is 10.8. The summed E-state index contributed by atoms with van der Waals surface area (Å²) in [7, 11) is 0. The molecule has 2 rings (SSSR count). The monoisotopic (exact) mass is 296 g/mol. The molecule has 0 bridgehead atoms. The molecule has 1 aromatic rings. The molecular weight excluding hydrogens is 276 g/mol. The zero-order valence-corrected chi connectivity index (χ0v) is 12.6. The molecule has 4 heteroatoms. The molecule has 0 amide bonds. The van der Waals surface area contributed by atoms with Crippen LogP contribution in [-0.4, -0.2) is 12.8 Å². The first-order valence-corrected chi connectivity index (χ1v) is 7.12. The van der Waals surface area contributed by atoms with Gasteiger partial charge in [0.05, 0.1) is 5.70 Å². The van der Waals surface area contributed by atoms with Crippen LogP contribution in [0.25, 0.3) is 0 Å². The Morgan fingerprint density at radius 1 is 1.41 bits per heavy atom. The maximum Gasteiger partial charge on any atom is 0.150 e. The number of hydrogen-bond acceptors (Lipinski definition) is 4. The number of hydrogen-bond donors (Lipinski definition) is 2. The number of rotatable bonds is 7. The van der Waals surface area contributed by atoms with Crippen molar-refractivity contribution >= 4 is 6.29 Å². The smallest absolute Gasteiger partial charge is 0.150 e. The van der Waals surface area contributed by atoms with Crippen molar-refractivity contribution in [3.05, 3.63) is 83.3 Å². The molecule has 4 nitrogen and oxygen atoms in total. The molecule has 0 spiro atoms. The highest BCUT2D eigenvalue weighted by Gasteiger charge is 2.04. The van der Waals surface area contributed by atoms with Crippen LogP contribution in [-0.2, 0) is 11.3 Å². The van der Waals surface area contributed by atoms with Crippen LogP contribution in [0, 0.1) is 0 Å². The molecule has 0 aliphatic carbocycles. The van der Waals surface area contributed by atoms with Gasteiger partial charge < -0.3 is 10.2 Å². The van der Waals surface area contributed by atoms with Crippen LogP contribution in [0.2, 0.25) is 0 Å². The lowest BCUT2D eigenvalue weighted by Crippen LogP contribution is -2.24. The quantitative estimate of drug-likeness (QED) is 0.461. The van der Waals surface area contributed by atoms with Crippen molar-refractivity contribution in [1.82, 2.24) is 10.9 Å². The predicted molar refractivity (Wildman–Crippen MR) is 87.9 cm³/mol. The van der Waals surface area contributed by atoms with Gasteiger partial charge in [-0.25, -0.2) is 5.43 Å². The molecule has 1 heterocycles. The summed E-state index contributed by atoms with van der Waals surface area (Å²) in [6, 6.07) is 7.37. The minimum atomic E-state index is 0.417. The predicted octanol–water partition coefficient (Wildman–Crippen LogP) is 3.02. The second-order valence-corrected chi connectivity index (χ2v) is 4.82. The number of allylic oxidation sites excluding steroid dienone is 3. The van der Waals surface area contributed by atoms with Crippen LogP contribution in [0.3, 0.4) is 0 Å². The van der Waals surface area contributed by atoms with E-state index in [1.807, 2.05) is 49.4 Å². The van der Waals surface area contributed by atoms with Crippen LogP contribution in [0.4, 0.5) is 0 Å². The number of nitrogens with one attached hydrogen (secondary N) is 2. The van der Waals surface area contributed by atoms with Crippen molar-refractivity contribution in [2.45, 2.75) is 13.5 Å². The molecule has 0 fully saturated rings. The lowest BCUT2D eigenvalue weighted by molar-refractivity contribution is 0.112. The normalized spacial score (nSPS) is 14.6. The van der Waals surface area contributed by atoms with Crippen molar-refractivity contribution < 1.29 is 9.53 Å². The van der Waals surface area contributed by atoms with E-state index in [0.29, 0.717) is 12.2 Å². The number of carbonyl (C=O) groups is 1. The highest BCUT2D eigenvalue weighted by atomic mass is 16.5. The molecule has 2 N–H and O–H groups in total. The van der Waals surface area contributed by atoms with E-state index >= 15 is 0 Å². The fourth-order valence-corrected chi connectivity index (χ4v) is 1.98. The van der Waals surface area contributed by atoms with Gasteiger partial charge in [0.2, 0.25) is 0 Å². The van der Waals surface area contributed by atoms with E-state index in [-0.39, 0.29) is 0 Å². The van der Waals surface area contributed by atoms with E-state index < -0.39 is 0 Å². The van der Waals surface area contributed by atoms with Gasteiger partial charge in [-0.1, -0.05) is 24.8 Å². The summed E-state index contributed by atoms with van der Waals surface area (Å²) in [6.45, 7) is 7.13. The first kappa shape index (κ1) is 15.8. The van der Waals surface area contributed by atoms with Crippen molar-refractivity contribution in [3.8, 4) is 0 Å². The summed E-state index contributed by atoms with van der Waals surface area (Å²) < 4.78 is 5.75. The average Bonchev–Trinajstić information content (AvgIpc) is 3.09. The number of ether oxygens (including phenoxy) is 1. The zero-order valence-electron chi connectivity index (χ0n) is 12.6. The van der Waals surface area contributed by atoms with Crippen molar-refractivity contribution in [1.29, 1.82) is 0 Å². The van der Waals surface area contributed by atoms with E-state index in [1.165, 1.54) is 0 Å². The molecule has 0 radical (unpaired) electrons. The molecule has 1 aromatic carbocycles. The molecule has 0 atom stereocenters. The third-order valence-corrected chi connectivity index (χ3v) is 3.20. The van der Waals surface area contributed by atoms with Gasteiger partial charge in [-0.05, 0) is 48.4 Å². The minimum Gasteiger partial charge on any atom is -0.489 e. The molecular formula is C18H20N2O2. The van der Waals surface area contributed by atoms with Crippen molar-refractivity contribution in [2.75, 3.05) is 6.54 Å². The fourth-order valence-electron chi connectivity index (χ4n) is 1.98. The lowest BCUT2D eigenvalue weighted by atomic mass is 10.1. The van der Waals surface area contributed by atoms with Gasteiger partial charge in [0, 0.05) is 12.1 Å². The molecule has 114 valence electrons. The van der Waals surface area contributed by atoms with Gasteiger partial charge in [-0.3, -0.25) is 4.79 Å². The first-order valence-electron chi connectivity index (χ1n) is 7.12. The van der Waals surface area contributed by atoms with Crippen LogP contribution in [0.1, 0.15) is 22.8 Å². The Morgan fingerprint density at radius 3 is 2.95 bits per heavy atom. The van der Waals surface area contributed by atoms with Crippen LogP contribution >= 0.6 is 0 Å². The van der Waals surface area contributed by atoms with E-state index in [9.17, 15) is 4.79 Å². The first-order chi connectivity index (χ1) is 10.7. The van der Waals surface area contributed by atoms with Crippen LogP contribution < -0.4 is 10.9 Å². The zero-order chi connectivity index (χ0) is 15.8. The Labute approximate surface area is 130 Å². The Balaban J connectivity index is 1.92. The second kappa shape index (κ2) is 8.00. The molecule has 0 saturated heterocycles. The SMILES string of the molecule is C=C(/C=C\C(=C/C)OCc1cccc(C=O)c1)C1=CCNN1. The molecule has 0 aromatic heterocycles. The summed E-state index contributed by atoms with van der Waals surface area (Å²) in [5, 5.41) is 0. The number of benzene rings is 1. The van der Waals surface area contributed by atoms with E-state index in [4.69, 9.17) is 4.74 Å². The summed E-state index contributed by atoms with van der Waals surface area (Å²) in [6.07, 6.45) is 8.55. The molecule has 0 unspecified atom stereocenters. The molecule has 0 saturated carbocycles. The maximum atomic E-state index is 10.8. The minimum absolute atomic E-state index is 0.417. The summed E-state index contributed by atoms with van der Waals surface area (Å²) >= 11 is 0. The molecule has 1 aliphatic heterocycles. The van der Waals surface area contributed by atoms with Crippen molar-refractivity contribution in [2.24, 2.45) is 0 Å². The highest BCUT2D eigenvalue weighted by molar-refractivity contribution is 5.74. The highest BCUT2D eigenvalue weighted by Crippen LogP contribution is 2.12. The average molecular weight is 296 g/mol. The molecule has 1 aliphatic rings. The van der Waals surface area contributed by atoms with Gasteiger partial charge >= 0.3 is 0 Å². The molecule has 22 heavy (non-hydrogen) atoms. The summed E-state index contributed by atoms with van der Waals surface area (Å²) in [5.41, 5.74) is 9.51. The number of aldehydes is 1. The second-order valence-electron chi connectivity index (χ2n) is 4.82. The fraction of sp³-hybridized carbons (Fsp3) is 0.167.